The fourth-order valence-electron chi connectivity index (χ4n) is 3.81. The predicted molar refractivity (Wildman–Crippen MR) is 137 cm³/mol. The van der Waals surface area contributed by atoms with Gasteiger partial charge in [0.2, 0.25) is 0 Å². The van der Waals surface area contributed by atoms with Crippen LogP contribution >= 0.6 is 11.3 Å². The van der Waals surface area contributed by atoms with Gasteiger partial charge in [-0.2, -0.15) is 5.26 Å². The third kappa shape index (κ3) is 4.57. The van der Waals surface area contributed by atoms with Gasteiger partial charge in [0, 0.05) is 17.8 Å². The second-order valence-electron chi connectivity index (χ2n) is 7.79. The molecule has 172 valence electrons. The monoisotopic (exact) mass is 498 g/mol. The number of para-hydroxylation sites is 1. The Kier molecular flexibility index (Phi) is 5.91. The topological polar surface area (TPSA) is 112 Å². The molecule has 5 rings (SSSR count). The van der Waals surface area contributed by atoms with E-state index in [0.717, 1.165) is 15.6 Å². The Balaban J connectivity index is 1.38. The molecule has 0 unspecified atom stereocenters. The number of anilines is 1. The molecule has 35 heavy (non-hydrogen) atoms. The molecule has 0 saturated carbocycles. The zero-order valence-corrected chi connectivity index (χ0v) is 19.9. The zero-order valence-electron chi connectivity index (χ0n) is 18.2. The van der Waals surface area contributed by atoms with Crippen molar-refractivity contribution in [1.29, 1.82) is 5.26 Å². The third-order valence-electron chi connectivity index (χ3n) is 5.53. The summed E-state index contributed by atoms with van der Waals surface area (Å²) in [6, 6.07) is 24.5. The summed E-state index contributed by atoms with van der Waals surface area (Å²) in [4.78, 5) is 17.2. The standard InChI is InChI=1S/C26H18N4O3S2/c27-14-17-7-9-18(10-8-17)15-28-26(31)22-4-1-3-19-13-20(11-12-21(19)22)30-35(32,33)24-6-2-5-23-25(24)29-16-34-23/h1-13,16,30H,15H2,(H,28,31). The van der Waals surface area contributed by atoms with Gasteiger partial charge in [0.1, 0.15) is 10.4 Å². The number of rotatable bonds is 6. The van der Waals surface area contributed by atoms with Gasteiger partial charge in [-0.25, -0.2) is 13.4 Å². The molecule has 0 atom stereocenters. The van der Waals surface area contributed by atoms with Crippen molar-refractivity contribution < 1.29 is 13.2 Å². The van der Waals surface area contributed by atoms with E-state index in [1.807, 2.05) is 12.1 Å². The van der Waals surface area contributed by atoms with Crippen LogP contribution in [0.2, 0.25) is 0 Å². The predicted octanol–water partition coefficient (Wildman–Crippen LogP) is 5.05. The Morgan fingerprint density at radius 1 is 1.00 bits per heavy atom. The summed E-state index contributed by atoms with van der Waals surface area (Å²) < 4.78 is 29.5. The van der Waals surface area contributed by atoms with Gasteiger partial charge < -0.3 is 5.32 Å². The lowest BCUT2D eigenvalue weighted by Crippen LogP contribution is -2.23. The van der Waals surface area contributed by atoms with E-state index in [1.165, 1.54) is 17.4 Å². The number of hydrogen-bond donors (Lipinski definition) is 2. The lowest BCUT2D eigenvalue weighted by Gasteiger charge is -2.12. The van der Waals surface area contributed by atoms with E-state index in [2.05, 4.69) is 21.1 Å². The second kappa shape index (κ2) is 9.18. The molecule has 4 aromatic carbocycles. The van der Waals surface area contributed by atoms with Crippen molar-refractivity contribution in [3.63, 3.8) is 0 Å². The summed E-state index contributed by atoms with van der Waals surface area (Å²) in [5, 5.41) is 13.2. The molecule has 5 aromatic rings. The van der Waals surface area contributed by atoms with Gasteiger partial charge in [-0.05, 0) is 58.8 Å². The first-order chi connectivity index (χ1) is 16.9. The number of thiazole rings is 1. The lowest BCUT2D eigenvalue weighted by atomic mass is 10.0. The number of amides is 1. The number of fused-ring (bicyclic) bond motifs is 2. The van der Waals surface area contributed by atoms with Crippen molar-refractivity contribution in [3.05, 3.63) is 101 Å². The van der Waals surface area contributed by atoms with E-state index >= 15 is 0 Å². The van der Waals surface area contributed by atoms with Gasteiger partial charge in [0.25, 0.3) is 15.9 Å². The average molecular weight is 499 g/mol. The number of nitrogens with zero attached hydrogens (tertiary/aromatic N) is 2. The SMILES string of the molecule is N#Cc1ccc(CNC(=O)c2cccc3cc(NS(=O)(=O)c4cccc5scnc45)ccc23)cc1. The van der Waals surface area contributed by atoms with Crippen LogP contribution in [0.3, 0.4) is 0 Å². The fourth-order valence-corrected chi connectivity index (χ4v) is 5.80. The summed E-state index contributed by atoms with van der Waals surface area (Å²) in [5.74, 6) is -0.247. The molecule has 0 aliphatic heterocycles. The Morgan fingerprint density at radius 2 is 1.80 bits per heavy atom. The third-order valence-corrected chi connectivity index (χ3v) is 7.73. The Labute approximate surface area is 205 Å². The summed E-state index contributed by atoms with van der Waals surface area (Å²) in [5.41, 5.74) is 4.37. The molecule has 0 radical (unpaired) electrons. The summed E-state index contributed by atoms with van der Waals surface area (Å²) in [7, 11) is -3.85. The molecule has 1 aromatic heterocycles. The van der Waals surface area contributed by atoms with Crippen LogP contribution in [0, 0.1) is 11.3 Å². The van der Waals surface area contributed by atoms with Crippen LogP contribution in [0.15, 0.2) is 89.3 Å². The second-order valence-corrected chi connectivity index (χ2v) is 10.3. The first-order valence-electron chi connectivity index (χ1n) is 10.6. The largest absolute Gasteiger partial charge is 0.348 e. The van der Waals surface area contributed by atoms with Crippen LogP contribution in [0.1, 0.15) is 21.5 Å². The maximum atomic E-state index is 13.1. The highest BCUT2D eigenvalue weighted by Gasteiger charge is 2.19. The molecule has 0 aliphatic rings. The molecule has 0 spiro atoms. The summed E-state index contributed by atoms with van der Waals surface area (Å²) in [6.07, 6.45) is 0. The number of hydrogen-bond acceptors (Lipinski definition) is 6. The van der Waals surface area contributed by atoms with Gasteiger partial charge in [-0.3, -0.25) is 9.52 Å². The fraction of sp³-hybridized carbons (Fsp3) is 0.0385. The van der Waals surface area contributed by atoms with Gasteiger partial charge in [-0.15, -0.1) is 11.3 Å². The first-order valence-corrected chi connectivity index (χ1v) is 13.0. The molecule has 0 aliphatic carbocycles. The number of aromatic nitrogens is 1. The van der Waals surface area contributed by atoms with Crippen LogP contribution in [0.4, 0.5) is 5.69 Å². The highest BCUT2D eigenvalue weighted by molar-refractivity contribution is 7.93. The quantitative estimate of drug-likeness (QED) is 0.340. The molecule has 2 N–H and O–H groups in total. The van der Waals surface area contributed by atoms with E-state index in [0.29, 0.717) is 34.3 Å². The molecular weight excluding hydrogens is 480 g/mol. The zero-order chi connectivity index (χ0) is 24.4. The van der Waals surface area contributed by atoms with Gasteiger partial charge in [-0.1, -0.05) is 36.4 Å². The molecule has 9 heteroatoms. The number of carbonyl (C=O) groups excluding carboxylic acids is 1. The van der Waals surface area contributed by atoms with Gasteiger partial charge >= 0.3 is 0 Å². The van der Waals surface area contributed by atoms with Crippen LogP contribution < -0.4 is 10.0 Å². The molecule has 1 amide bonds. The van der Waals surface area contributed by atoms with Gasteiger partial charge in [0.05, 0.1) is 21.8 Å². The van der Waals surface area contributed by atoms with Crippen molar-refractivity contribution in [2.24, 2.45) is 0 Å². The van der Waals surface area contributed by atoms with Crippen molar-refractivity contribution in [1.82, 2.24) is 10.3 Å². The number of benzene rings is 4. The maximum Gasteiger partial charge on any atom is 0.264 e. The maximum absolute atomic E-state index is 13.1. The van der Waals surface area contributed by atoms with E-state index in [1.54, 1.807) is 66.2 Å². The number of nitrogens with one attached hydrogen (secondary N) is 2. The van der Waals surface area contributed by atoms with Crippen LogP contribution in [0.25, 0.3) is 21.0 Å². The van der Waals surface area contributed by atoms with E-state index in [-0.39, 0.29) is 10.8 Å². The minimum Gasteiger partial charge on any atom is -0.348 e. The van der Waals surface area contributed by atoms with E-state index in [9.17, 15) is 13.2 Å². The molecule has 0 fully saturated rings. The van der Waals surface area contributed by atoms with E-state index in [4.69, 9.17) is 5.26 Å². The van der Waals surface area contributed by atoms with Crippen molar-refractivity contribution in [3.8, 4) is 6.07 Å². The van der Waals surface area contributed by atoms with Gasteiger partial charge in [0.15, 0.2) is 0 Å². The van der Waals surface area contributed by atoms with Crippen molar-refractivity contribution in [2.75, 3.05) is 4.72 Å². The average Bonchev–Trinajstić information content (AvgIpc) is 3.36. The molecule has 0 saturated heterocycles. The number of carbonyl (C=O) groups is 1. The highest BCUT2D eigenvalue weighted by atomic mass is 32.2. The number of nitriles is 1. The molecule has 7 nitrogen and oxygen atoms in total. The Hall–Kier alpha value is -4.26. The van der Waals surface area contributed by atoms with E-state index < -0.39 is 10.0 Å². The molecule has 1 heterocycles. The summed E-state index contributed by atoms with van der Waals surface area (Å²) >= 11 is 1.38. The number of sulfonamides is 1. The normalized spacial score (nSPS) is 11.3. The van der Waals surface area contributed by atoms with Crippen LogP contribution in [-0.2, 0) is 16.6 Å². The smallest absolute Gasteiger partial charge is 0.264 e. The van der Waals surface area contributed by atoms with Crippen LogP contribution in [-0.4, -0.2) is 19.3 Å². The van der Waals surface area contributed by atoms with Crippen molar-refractivity contribution >= 4 is 53.9 Å². The lowest BCUT2D eigenvalue weighted by molar-refractivity contribution is 0.0952. The molecule has 0 bridgehead atoms. The molecular formula is C26H18N4O3S2. The minimum absolute atomic E-state index is 0.118. The van der Waals surface area contributed by atoms with Crippen LogP contribution in [0.5, 0.6) is 0 Å². The highest BCUT2D eigenvalue weighted by Crippen LogP contribution is 2.28. The minimum atomic E-state index is -3.85. The summed E-state index contributed by atoms with van der Waals surface area (Å²) in [6.45, 7) is 0.320. The Morgan fingerprint density at radius 3 is 2.60 bits per heavy atom. The Bertz CT molecular complexity index is 1720. The van der Waals surface area contributed by atoms with Crippen molar-refractivity contribution in [2.45, 2.75) is 11.4 Å². The first kappa shape index (κ1) is 22.5.